The lowest BCUT2D eigenvalue weighted by Crippen LogP contribution is -2.43. The van der Waals surface area contributed by atoms with E-state index in [1.165, 1.54) is 10.4 Å². The molecule has 1 N–H and O–H groups in total. The van der Waals surface area contributed by atoms with Gasteiger partial charge in [0.15, 0.2) is 11.5 Å². The molecule has 23 heavy (non-hydrogen) atoms. The first kappa shape index (κ1) is 15.7. The smallest absolute Gasteiger partial charge is 0.317 e. The topological polar surface area (TPSA) is 50.8 Å². The average molecular weight is 332 g/mol. The molecular formula is C17H20N2O3S. The molecule has 1 aromatic carbocycles. The lowest BCUT2D eigenvalue weighted by molar-refractivity contribution is 0.189. The normalized spacial score (nSPS) is 13.3. The summed E-state index contributed by atoms with van der Waals surface area (Å²) in [5.74, 6) is 1.38. The van der Waals surface area contributed by atoms with Crippen molar-refractivity contribution in [1.29, 1.82) is 0 Å². The zero-order valence-electron chi connectivity index (χ0n) is 13.1. The number of para-hydroxylation sites is 2. The van der Waals surface area contributed by atoms with Crippen molar-refractivity contribution >= 4 is 17.4 Å². The van der Waals surface area contributed by atoms with Crippen molar-refractivity contribution in [3.8, 4) is 11.5 Å². The number of nitrogens with zero attached hydrogens (tertiary/aromatic N) is 1. The van der Waals surface area contributed by atoms with Crippen LogP contribution in [0.2, 0.25) is 0 Å². The van der Waals surface area contributed by atoms with Gasteiger partial charge in [-0.3, -0.25) is 0 Å². The highest BCUT2D eigenvalue weighted by molar-refractivity contribution is 7.10. The minimum absolute atomic E-state index is 0.0366. The maximum Gasteiger partial charge on any atom is 0.317 e. The number of amides is 2. The molecule has 0 saturated heterocycles. The van der Waals surface area contributed by atoms with Crippen LogP contribution in [0.5, 0.6) is 11.5 Å². The number of fused-ring (bicyclic) bond motifs is 1. The largest absolute Gasteiger partial charge is 0.493 e. The highest BCUT2D eigenvalue weighted by Crippen LogP contribution is 2.25. The van der Waals surface area contributed by atoms with Crippen molar-refractivity contribution in [3.05, 3.63) is 46.2 Å². The predicted molar refractivity (Wildman–Crippen MR) is 90.3 cm³/mol. The van der Waals surface area contributed by atoms with Gasteiger partial charge in [-0.05, 0) is 35.6 Å². The first-order valence-corrected chi connectivity index (χ1v) is 8.49. The van der Waals surface area contributed by atoms with Gasteiger partial charge in [0.2, 0.25) is 0 Å². The van der Waals surface area contributed by atoms with E-state index >= 15 is 0 Å². The molecule has 1 aliphatic heterocycles. The van der Waals surface area contributed by atoms with Crippen LogP contribution in [-0.4, -0.2) is 37.7 Å². The lowest BCUT2D eigenvalue weighted by Gasteiger charge is -2.27. The van der Waals surface area contributed by atoms with Gasteiger partial charge in [-0.25, -0.2) is 4.79 Å². The molecule has 3 rings (SSSR count). The third-order valence-corrected chi connectivity index (χ3v) is 4.82. The van der Waals surface area contributed by atoms with Gasteiger partial charge in [-0.2, -0.15) is 0 Å². The lowest BCUT2D eigenvalue weighted by atomic mass is 10.1. The van der Waals surface area contributed by atoms with Gasteiger partial charge in [0, 0.05) is 18.0 Å². The molecule has 0 spiro atoms. The van der Waals surface area contributed by atoms with Crippen LogP contribution in [-0.2, 0) is 13.0 Å². The van der Waals surface area contributed by atoms with Gasteiger partial charge in [0.05, 0.1) is 13.7 Å². The van der Waals surface area contributed by atoms with E-state index < -0.39 is 0 Å². The Labute approximate surface area is 139 Å². The number of urea groups is 1. The summed E-state index contributed by atoms with van der Waals surface area (Å²) in [6.45, 7) is 2.33. The van der Waals surface area contributed by atoms with E-state index in [9.17, 15) is 4.79 Å². The number of benzene rings is 1. The van der Waals surface area contributed by atoms with Crippen LogP contribution in [0.15, 0.2) is 35.7 Å². The Balaban J connectivity index is 1.43. The standard InChI is InChI=1S/C17H20N2O3S/c1-21-14-4-2-3-5-15(14)22-10-8-18-17(20)19-9-6-16-13(12-19)7-11-23-16/h2-5,7,11H,6,8-10,12H2,1H3,(H,18,20). The van der Waals surface area contributed by atoms with E-state index in [1.807, 2.05) is 29.2 Å². The van der Waals surface area contributed by atoms with E-state index in [2.05, 4.69) is 16.8 Å². The number of rotatable bonds is 5. The molecule has 1 aromatic heterocycles. The Morgan fingerprint density at radius 2 is 2.13 bits per heavy atom. The third-order valence-electron chi connectivity index (χ3n) is 3.80. The number of ether oxygens (including phenoxy) is 2. The van der Waals surface area contributed by atoms with Gasteiger partial charge < -0.3 is 19.7 Å². The molecule has 1 aliphatic rings. The molecule has 5 nitrogen and oxygen atoms in total. The highest BCUT2D eigenvalue weighted by Gasteiger charge is 2.20. The Bertz CT molecular complexity index is 671. The van der Waals surface area contributed by atoms with Crippen LogP contribution in [0, 0.1) is 0 Å². The van der Waals surface area contributed by atoms with Crippen molar-refractivity contribution in [2.45, 2.75) is 13.0 Å². The number of nitrogens with one attached hydrogen (secondary N) is 1. The van der Waals surface area contributed by atoms with Crippen LogP contribution in [0.3, 0.4) is 0 Å². The molecule has 0 atom stereocenters. The van der Waals surface area contributed by atoms with Crippen molar-refractivity contribution in [2.24, 2.45) is 0 Å². The first-order valence-electron chi connectivity index (χ1n) is 7.62. The summed E-state index contributed by atoms with van der Waals surface area (Å²) >= 11 is 1.77. The fraction of sp³-hybridized carbons (Fsp3) is 0.353. The number of hydrogen-bond acceptors (Lipinski definition) is 4. The second-order valence-electron chi connectivity index (χ2n) is 5.27. The van der Waals surface area contributed by atoms with E-state index in [-0.39, 0.29) is 6.03 Å². The molecule has 2 aromatic rings. The van der Waals surface area contributed by atoms with Crippen LogP contribution in [0.4, 0.5) is 4.79 Å². The fourth-order valence-corrected chi connectivity index (χ4v) is 3.48. The summed E-state index contributed by atoms with van der Waals surface area (Å²) in [5.41, 5.74) is 1.27. The Morgan fingerprint density at radius 1 is 1.30 bits per heavy atom. The van der Waals surface area contributed by atoms with Gasteiger partial charge in [0.1, 0.15) is 6.61 Å². The molecule has 0 bridgehead atoms. The monoisotopic (exact) mass is 332 g/mol. The highest BCUT2D eigenvalue weighted by atomic mass is 32.1. The molecule has 0 fully saturated rings. The minimum atomic E-state index is -0.0366. The number of hydrogen-bond donors (Lipinski definition) is 1. The van der Waals surface area contributed by atoms with E-state index in [0.717, 1.165) is 13.0 Å². The zero-order valence-corrected chi connectivity index (χ0v) is 13.9. The van der Waals surface area contributed by atoms with Crippen LogP contribution >= 0.6 is 11.3 Å². The quantitative estimate of drug-likeness (QED) is 0.857. The number of thiophene rings is 1. The summed E-state index contributed by atoms with van der Waals surface area (Å²) in [4.78, 5) is 15.4. The molecule has 0 aliphatic carbocycles. The van der Waals surface area contributed by atoms with E-state index in [0.29, 0.717) is 31.2 Å². The van der Waals surface area contributed by atoms with E-state index in [4.69, 9.17) is 9.47 Å². The molecule has 122 valence electrons. The van der Waals surface area contributed by atoms with Gasteiger partial charge in [0.25, 0.3) is 0 Å². The Morgan fingerprint density at radius 3 is 2.96 bits per heavy atom. The van der Waals surface area contributed by atoms with Crippen LogP contribution in [0.1, 0.15) is 10.4 Å². The van der Waals surface area contributed by atoms with Gasteiger partial charge >= 0.3 is 6.03 Å². The molecule has 0 radical (unpaired) electrons. The fourth-order valence-electron chi connectivity index (χ4n) is 2.59. The maximum atomic E-state index is 12.2. The number of methoxy groups -OCH3 is 1. The average Bonchev–Trinajstić information content (AvgIpc) is 3.06. The minimum Gasteiger partial charge on any atom is -0.493 e. The van der Waals surface area contributed by atoms with Crippen LogP contribution in [0.25, 0.3) is 0 Å². The summed E-state index contributed by atoms with van der Waals surface area (Å²) in [6.07, 6.45) is 0.943. The SMILES string of the molecule is COc1ccccc1OCCNC(=O)N1CCc2sccc2C1. The second kappa shape index (κ2) is 7.37. The molecule has 6 heteroatoms. The molecule has 2 amide bonds. The maximum absolute atomic E-state index is 12.2. The van der Waals surface area contributed by atoms with Crippen molar-refractivity contribution in [3.63, 3.8) is 0 Å². The molecule has 0 saturated carbocycles. The summed E-state index contributed by atoms with van der Waals surface area (Å²) < 4.78 is 10.9. The summed E-state index contributed by atoms with van der Waals surface area (Å²) in [6, 6.07) is 9.55. The molecular weight excluding hydrogens is 312 g/mol. The van der Waals surface area contributed by atoms with Crippen molar-refractivity contribution in [2.75, 3.05) is 26.8 Å². The summed E-state index contributed by atoms with van der Waals surface area (Å²) in [7, 11) is 1.61. The Hall–Kier alpha value is -2.21. The van der Waals surface area contributed by atoms with Crippen molar-refractivity contribution in [1.82, 2.24) is 10.2 Å². The van der Waals surface area contributed by atoms with E-state index in [1.54, 1.807) is 18.4 Å². The first-order chi connectivity index (χ1) is 11.3. The van der Waals surface area contributed by atoms with Crippen molar-refractivity contribution < 1.29 is 14.3 Å². The molecule has 0 unspecified atom stereocenters. The third kappa shape index (κ3) is 3.76. The number of carbonyl (C=O) groups is 1. The summed E-state index contributed by atoms with van der Waals surface area (Å²) in [5, 5.41) is 5.00. The zero-order chi connectivity index (χ0) is 16.1. The van der Waals surface area contributed by atoms with Crippen LogP contribution < -0.4 is 14.8 Å². The Kier molecular flexibility index (Phi) is 5.02. The van der Waals surface area contributed by atoms with Gasteiger partial charge in [-0.1, -0.05) is 12.1 Å². The van der Waals surface area contributed by atoms with Gasteiger partial charge in [-0.15, -0.1) is 11.3 Å². The number of carbonyl (C=O) groups excluding carboxylic acids is 1. The second-order valence-corrected chi connectivity index (χ2v) is 6.27. The molecule has 2 heterocycles. The predicted octanol–water partition coefficient (Wildman–Crippen LogP) is 2.90.